The van der Waals surface area contributed by atoms with Crippen LogP contribution in [0.25, 0.3) is 0 Å². The summed E-state index contributed by atoms with van der Waals surface area (Å²) in [6, 6.07) is 7.00. The van der Waals surface area contributed by atoms with Gasteiger partial charge < -0.3 is 4.74 Å². The molecule has 12 heavy (non-hydrogen) atoms. The molecule has 1 aromatic rings. The van der Waals surface area contributed by atoms with Gasteiger partial charge in [-0.25, -0.2) is 0 Å². The van der Waals surface area contributed by atoms with E-state index in [1.54, 1.807) is 24.3 Å². The van der Waals surface area contributed by atoms with Crippen LogP contribution in [0.4, 0.5) is 0 Å². The van der Waals surface area contributed by atoms with Gasteiger partial charge in [-0.2, -0.15) is 0 Å². The topological polar surface area (TPSA) is 52.3 Å². The third-order valence-electron chi connectivity index (χ3n) is 1.22. The van der Waals surface area contributed by atoms with E-state index in [1.807, 2.05) is 0 Å². The molecule has 0 spiro atoms. The summed E-state index contributed by atoms with van der Waals surface area (Å²) >= 11 is 1.16. The number of benzene rings is 1. The normalized spacial score (nSPS) is 9.50. The molecule has 2 N–H and O–H groups in total. The summed E-state index contributed by atoms with van der Waals surface area (Å²) in [4.78, 5) is 11.5. The molecular weight excluding hydrogens is 174 g/mol. The number of rotatable bonds is 2. The highest BCUT2D eigenvalue weighted by atomic mass is 32.2. The maximum Gasteiger partial charge on any atom is 0.308 e. The Kier molecular flexibility index (Phi) is 3.13. The summed E-state index contributed by atoms with van der Waals surface area (Å²) in [6.07, 6.45) is 0. The van der Waals surface area contributed by atoms with Gasteiger partial charge in [-0.1, -0.05) is 0 Å². The van der Waals surface area contributed by atoms with Gasteiger partial charge >= 0.3 is 5.97 Å². The highest BCUT2D eigenvalue weighted by Gasteiger charge is 1.96. The summed E-state index contributed by atoms with van der Waals surface area (Å²) in [6.45, 7) is 1.37. The standard InChI is InChI=1S/C8H9NO2S/c1-6(10)11-7-2-4-8(12-9)5-3-7/h2-5H,9H2,1H3. The van der Waals surface area contributed by atoms with Crippen LogP contribution in [0.2, 0.25) is 0 Å². The minimum atomic E-state index is -0.317. The molecule has 0 saturated carbocycles. The van der Waals surface area contributed by atoms with Gasteiger partial charge in [-0.15, -0.1) is 0 Å². The lowest BCUT2D eigenvalue weighted by atomic mass is 10.3. The average molecular weight is 183 g/mol. The number of hydrogen-bond acceptors (Lipinski definition) is 4. The van der Waals surface area contributed by atoms with Crippen molar-refractivity contribution in [1.29, 1.82) is 0 Å². The molecule has 0 aromatic heterocycles. The Bertz CT molecular complexity index is 271. The zero-order valence-corrected chi connectivity index (χ0v) is 7.43. The molecule has 3 nitrogen and oxygen atoms in total. The Morgan fingerprint density at radius 1 is 1.42 bits per heavy atom. The molecular formula is C8H9NO2S. The van der Waals surface area contributed by atoms with Gasteiger partial charge in [0.25, 0.3) is 0 Å². The molecule has 0 aliphatic carbocycles. The zero-order valence-electron chi connectivity index (χ0n) is 6.61. The molecule has 0 amide bonds. The van der Waals surface area contributed by atoms with Crippen molar-refractivity contribution in [1.82, 2.24) is 0 Å². The lowest BCUT2D eigenvalue weighted by Gasteiger charge is -2.00. The van der Waals surface area contributed by atoms with Crippen LogP contribution in [-0.2, 0) is 4.79 Å². The molecule has 0 fully saturated rings. The van der Waals surface area contributed by atoms with Gasteiger partial charge in [0.05, 0.1) is 0 Å². The zero-order chi connectivity index (χ0) is 8.97. The van der Waals surface area contributed by atoms with Crippen molar-refractivity contribution in [2.24, 2.45) is 5.14 Å². The molecule has 0 aliphatic rings. The number of esters is 1. The first-order valence-corrected chi connectivity index (χ1v) is 4.25. The van der Waals surface area contributed by atoms with E-state index in [9.17, 15) is 4.79 Å². The van der Waals surface area contributed by atoms with E-state index < -0.39 is 0 Å². The van der Waals surface area contributed by atoms with E-state index in [0.717, 1.165) is 16.8 Å². The van der Waals surface area contributed by atoms with Crippen LogP contribution in [0.15, 0.2) is 29.2 Å². The summed E-state index contributed by atoms with van der Waals surface area (Å²) in [7, 11) is 0. The fourth-order valence-electron chi connectivity index (χ4n) is 0.752. The second-order valence-electron chi connectivity index (χ2n) is 2.18. The first kappa shape index (κ1) is 9.09. The Hall–Kier alpha value is -1.00. The van der Waals surface area contributed by atoms with E-state index in [1.165, 1.54) is 6.92 Å². The molecule has 0 atom stereocenters. The minimum Gasteiger partial charge on any atom is -0.427 e. The number of hydrogen-bond donors (Lipinski definition) is 1. The van der Waals surface area contributed by atoms with Crippen molar-refractivity contribution in [2.45, 2.75) is 11.8 Å². The average Bonchev–Trinajstić information content (AvgIpc) is 2.05. The smallest absolute Gasteiger partial charge is 0.308 e. The summed E-state index contributed by atoms with van der Waals surface area (Å²) in [5.41, 5.74) is 0. The molecule has 0 unspecified atom stereocenters. The Balaban J connectivity index is 2.71. The molecule has 4 heteroatoms. The summed E-state index contributed by atoms with van der Waals surface area (Å²) in [5, 5.41) is 5.31. The van der Waals surface area contributed by atoms with Crippen LogP contribution in [0.1, 0.15) is 6.92 Å². The SMILES string of the molecule is CC(=O)Oc1ccc(SN)cc1. The quantitative estimate of drug-likeness (QED) is 0.429. The Labute approximate surface area is 75.0 Å². The molecule has 64 valence electrons. The molecule has 0 radical (unpaired) electrons. The van der Waals surface area contributed by atoms with Crippen molar-refractivity contribution in [3.63, 3.8) is 0 Å². The van der Waals surface area contributed by atoms with Gasteiger partial charge in [0.15, 0.2) is 0 Å². The number of carbonyl (C=O) groups is 1. The lowest BCUT2D eigenvalue weighted by molar-refractivity contribution is -0.131. The van der Waals surface area contributed by atoms with Gasteiger partial charge in [-0.05, 0) is 36.2 Å². The minimum absolute atomic E-state index is 0.317. The van der Waals surface area contributed by atoms with Gasteiger partial charge in [0.2, 0.25) is 0 Å². The fraction of sp³-hybridized carbons (Fsp3) is 0.125. The van der Waals surface area contributed by atoms with Crippen LogP contribution in [0, 0.1) is 0 Å². The second-order valence-corrected chi connectivity index (χ2v) is 2.89. The predicted octanol–water partition coefficient (Wildman–Crippen LogP) is 1.58. The third kappa shape index (κ3) is 2.56. The Morgan fingerprint density at radius 2 is 2.00 bits per heavy atom. The lowest BCUT2D eigenvalue weighted by Crippen LogP contribution is -2.00. The van der Waals surface area contributed by atoms with Crippen LogP contribution in [0.3, 0.4) is 0 Å². The van der Waals surface area contributed by atoms with Crippen LogP contribution in [0.5, 0.6) is 5.75 Å². The molecule has 1 aromatic carbocycles. The molecule has 0 heterocycles. The van der Waals surface area contributed by atoms with E-state index >= 15 is 0 Å². The van der Waals surface area contributed by atoms with Crippen LogP contribution >= 0.6 is 11.9 Å². The first-order valence-electron chi connectivity index (χ1n) is 3.37. The van der Waals surface area contributed by atoms with E-state index in [0.29, 0.717) is 5.75 Å². The van der Waals surface area contributed by atoms with Crippen molar-refractivity contribution >= 4 is 17.9 Å². The molecule has 0 bridgehead atoms. The maximum atomic E-state index is 10.5. The number of nitrogens with two attached hydrogens (primary N) is 1. The van der Waals surface area contributed by atoms with Crippen LogP contribution < -0.4 is 9.88 Å². The highest BCUT2D eigenvalue weighted by Crippen LogP contribution is 2.17. The van der Waals surface area contributed by atoms with E-state index in [2.05, 4.69) is 0 Å². The van der Waals surface area contributed by atoms with Gasteiger partial charge in [-0.3, -0.25) is 9.93 Å². The number of carbonyl (C=O) groups excluding carboxylic acids is 1. The third-order valence-corrected chi connectivity index (χ3v) is 1.77. The Morgan fingerprint density at radius 3 is 2.42 bits per heavy atom. The monoisotopic (exact) mass is 183 g/mol. The van der Waals surface area contributed by atoms with Crippen molar-refractivity contribution in [3.8, 4) is 5.75 Å². The predicted molar refractivity (Wildman–Crippen MR) is 47.8 cm³/mol. The molecule has 0 saturated heterocycles. The second kappa shape index (κ2) is 4.13. The van der Waals surface area contributed by atoms with E-state index in [-0.39, 0.29) is 5.97 Å². The van der Waals surface area contributed by atoms with Crippen molar-refractivity contribution in [3.05, 3.63) is 24.3 Å². The largest absolute Gasteiger partial charge is 0.427 e. The number of ether oxygens (including phenoxy) is 1. The molecule has 0 aliphatic heterocycles. The maximum absolute atomic E-state index is 10.5. The van der Waals surface area contributed by atoms with Gasteiger partial charge in [0.1, 0.15) is 5.75 Å². The fourth-order valence-corrected chi connectivity index (χ4v) is 1.05. The van der Waals surface area contributed by atoms with Crippen LogP contribution in [-0.4, -0.2) is 5.97 Å². The van der Waals surface area contributed by atoms with Crippen molar-refractivity contribution < 1.29 is 9.53 Å². The van der Waals surface area contributed by atoms with Crippen molar-refractivity contribution in [2.75, 3.05) is 0 Å². The highest BCUT2D eigenvalue weighted by molar-refractivity contribution is 7.97. The summed E-state index contributed by atoms with van der Waals surface area (Å²) in [5.74, 6) is 0.225. The summed E-state index contributed by atoms with van der Waals surface area (Å²) < 4.78 is 4.82. The van der Waals surface area contributed by atoms with Gasteiger partial charge in [0, 0.05) is 11.8 Å². The first-order chi connectivity index (χ1) is 5.72. The molecule has 1 rings (SSSR count). The van der Waals surface area contributed by atoms with E-state index in [4.69, 9.17) is 9.88 Å².